The zero-order chi connectivity index (χ0) is 9.92. The number of Topliss-reactive ketones (excluding diaryl/α,β-unsaturated/α-hetero) is 1. The van der Waals surface area contributed by atoms with Crippen molar-refractivity contribution in [1.82, 2.24) is 0 Å². The summed E-state index contributed by atoms with van der Waals surface area (Å²) in [5.74, 6) is 2.07. The summed E-state index contributed by atoms with van der Waals surface area (Å²) in [5, 5.41) is 0. The van der Waals surface area contributed by atoms with E-state index in [1.165, 1.54) is 6.42 Å². The number of hydrogen-bond donors (Lipinski definition) is 0. The van der Waals surface area contributed by atoms with E-state index in [0.717, 1.165) is 25.2 Å². The maximum absolute atomic E-state index is 11.8. The van der Waals surface area contributed by atoms with Crippen LogP contribution in [0.5, 0.6) is 0 Å². The zero-order valence-corrected chi connectivity index (χ0v) is 8.95. The molecular formula is C12H18O2. The Balaban J connectivity index is 1.96. The van der Waals surface area contributed by atoms with Crippen molar-refractivity contribution in [3.05, 3.63) is 0 Å². The van der Waals surface area contributed by atoms with Crippen LogP contribution in [0.2, 0.25) is 0 Å². The molecule has 2 heteroatoms. The number of carbonyl (C=O) groups excluding carboxylic acids is 1. The summed E-state index contributed by atoms with van der Waals surface area (Å²) in [6.45, 7) is 4.47. The largest absolute Gasteiger partial charge is 0.364 e. The molecule has 2 saturated carbocycles. The van der Waals surface area contributed by atoms with Crippen LogP contribution in [0, 0.1) is 17.8 Å². The van der Waals surface area contributed by atoms with Crippen LogP contribution in [-0.2, 0) is 9.53 Å². The molecular weight excluding hydrogens is 176 g/mol. The van der Waals surface area contributed by atoms with Gasteiger partial charge in [-0.1, -0.05) is 13.8 Å². The molecule has 0 aromatic carbocycles. The highest BCUT2D eigenvalue weighted by Gasteiger charge is 2.57. The quantitative estimate of drug-likeness (QED) is 0.639. The molecule has 4 unspecified atom stereocenters. The van der Waals surface area contributed by atoms with E-state index in [0.29, 0.717) is 17.6 Å². The van der Waals surface area contributed by atoms with Gasteiger partial charge in [0.1, 0.15) is 6.10 Å². The lowest BCUT2D eigenvalue weighted by molar-refractivity contribution is -0.227. The van der Waals surface area contributed by atoms with Crippen LogP contribution in [-0.4, -0.2) is 17.5 Å². The molecule has 4 aliphatic rings. The molecule has 4 fully saturated rings. The van der Waals surface area contributed by atoms with Gasteiger partial charge in [-0.05, 0) is 37.5 Å². The number of rotatable bonds is 1. The van der Waals surface area contributed by atoms with Crippen molar-refractivity contribution in [2.45, 2.75) is 51.2 Å². The molecule has 78 valence electrons. The van der Waals surface area contributed by atoms with Gasteiger partial charge in [0.2, 0.25) is 0 Å². The maximum atomic E-state index is 11.8. The first-order chi connectivity index (χ1) is 6.61. The lowest BCUT2D eigenvalue weighted by Crippen LogP contribution is -2.61. The molecule has 4 atom stereocenters. The fourth-order valence-electron chi connectivity index (χ4n) is 3.73. The van der Waals surface area contributed by atoms with E-state index in [4.69, 9.17) is 4.74 Å². The molecule has 2 aliphatic heterocycles. The van der Waals surface area contributed by atoms with Crippen LogP contribution in [0.1, 0.15) is 39.5 Å². The van der Waals surface area contributed by atoms with E-state index in [-0.39, 0.29) is 11.7 Å². The Hall–Kier alpha value is -0.370. The Morgan fingerprint density at radius 3 is 2.79 bits per heavy atom. The molecule has 2 nitrogen and oxygen atoms in total. The maximum Gasteiger partial charge on any atom is 0.164 e. The van der Waals surface area contributed by atoms with Gasteiger partial charge < -0.3 is 4.74 Å². The van der Waals surface area contributed by atoms with Gasteiger partial charge in [0, 0.05) is 5.92 Å². The molecule has 0 radical (unpaired) electrons. The van der Waals surface area contributed by atoms with E-state index in [1.54, 1.807) is 0 Å². The summed E-state index contributed by atoms with van der Waals surface area (Å²) in [4.78, 5) is 11.8. The van der Waals surface area contributed by atoms with Gasteiger partial charge in [-0.25, -0.2) is 0 Å². The number of carbonyl (C=O) groups is 1. The summed E-state index contributed by atoms with van der Waals surface area (Å²) in [6, 6.07) is 0. The molecule has 0 spiro atoms. The van der Waals surface area contributed by atoms with Crippen molar-refractivity contribution in [3.8, 4) is 0 Å². The molecule has 2 heterocycles. The number of ketones is 1. The van der Waals surface area contributed by atoms with Gasteiger partial charge in [0.25, 0.3) is 0 Å². The predicted octanol–water partition coefficient (Wildman–Crippen LogP) is 2.17. The summed E-state index contributed by atoms with van der Waals surface area (Å²) in [6.07, 6.45) is 4.31. The van der Waals surface area contributed by atoms with Gasteiger partial charge >= 0.3 is 0 Å². The third-order valence-electron chi connectivity index (χ3n) is 4.54. The van der Waals surface area contributed by atoms with Crippen molar-refractivity contribution in [3.63, 3.8) is 0 Å². The minimum absolute atomic E-state index is 0.0383. The van der Waals surface area contributed by atoms with Crippen molar-refractivity contribution >= 4 is 5.78 Å². The van der Waals surface area contributed by atoms with Crippen molar-refractivity contribution in [2.75, 3.05) is 0 Å². The van der Waals surface area contributed by atoms with Crippen LogP contribution in [0.3, 0.4) is 0 Å². The van der Waals surface area contributed by atoms with Crippen molar-refractivity contribution in [1.29, 1.82) is 0 Å². The highest BCUT2D eigenvalue weighted by Crippen LogP contribution is 2.54. The number of ether oxygens (including phenoxy) is 1. The molecule has 0 aromatic rings. The Kier molecular flexibility index (Phi) is 1.65. The van der Waals surface area contributed by atoms with Crippen LogP contribution < -0.4 is 0 Å². The van der Waals surface area contributed by atoms with E-state index in [2.05, 4.69) is 13.8 Å². The summed E-state index contributed by atoms with van der Waals surface area (Å²) >= 11 is 0. The second kappa shape index (κ2) is 2.60. The Bertz CT molecular complexity index is 264. The molecule has 0 N–H and O–H groups in total. The van der Waals surface area contributed by atoms with Crippen LogP contribution in [0.25, 0.3) is 0 Å². The molecule has 14 heavy (non-hydrogen) atoms. The average molecular weight is 194 g/mol. The first-order valence-electron chi connectivity index (χ1n) is 5.82. The minimum atomic E-state index is -0.0383. The van der Waals surface area contributed by atoms with E-state index in [9.17, 15) is 4.79 Å². The van der Waals surface area contributed by atoms with Gasteiger partial charge in [0.15, 0.2) is 5.78 Å². The van der Waals surface area contributed by atoms with Gasteiger partial charge in [-0.2, -0.15) is 0 Å². The van der Waals surface area contributed by atoms with E-state index < -0.39 is 0 Å². The molecule has 4 rings (SSSR count). The third-order valence-corrected chi connectivity index (χ3v) is 4.54. The molecule has 0 amide bonds. The van der Waals surface area contributed by atoms with E-state index >= 15 is 0 Å². The normalized spacial score (nSPS) is 50.5. The monoisotopic (exact) mass is 194 g/mol. The summed E-state index contributed by atoms with van der Waals surface area (Å²) in [7, 11) is 0. The highest BCUT2D eigenvalue weighted by molar-refractivity contribution is 5.87. The Labute approximate surface area is 85.0 Å². The highest BCUT2D eigenvalue weighted by atomic mass is 16.5. The fourth-order valence-corrected chi connectivity index (χ4v) is 3.73. The SMILES string of the molecule is CC(C)C12CC3CC(C1)C(=O)C(C3)O2. The minimum Gasteiger partial charge on any atom is -0.364 e. The zero-order valence-electron chi connectivity index (χ0n) is 8.95. The Morgan fingerprint density at radius 2 is 2.14 bits per heavy atom. The van der Waals surface area contributed by atoms with Gasteiger partial charge in [-0.15, -0.1) is 0 Å². The second-order valence-corrected chi connectivity index (χ2v) is 5.67. The second-order valence-electron chi connectivity index (χ2n) is 5.67. The Morgan fingerprint density at radius 1 is 1.36 bits per heavy atom. The molecule has 0 aromatic heterocycles. The first kappa shape index (κ1) is 8.90. The van der Waals surface area contributed by atoms with Crippen molar-refractivity contribution in [2.24, 2.45) is 17.8 Å². The third kappa shape index (κ3) is 0.979. The summed E-state index contributed by atoms with van der Waals surface area (Å²) < 4.78 is 6.03. The smallest absolute Gasteiger partial charge is 0.164 e. The number of hydrogen-bond acceptors (Lipinski definition) is 2. The average Bonchev–Trinajstić information content (AvgIpc) is 2.12. The lowest BCUT2D eigenvalue weighted by Gasteiger charge is -2.57. The molecule has 4 bridgehead atoms. The van der Waals surface area contributed by atoms with Crippen LogP contribution in [0.4, 0.5) is 0 Å². The van der Waals surface area contributed by atoms with Crippen molar-refractivity contribution < 1.29 is 9.53 Å². The predicted molar refractivity (Wildman–Crippen MR) is 52.9 cm³/mol. The van der Waals surface area contributed by atoms with Crippen LogP contribution >= 0.6 is 0 Å². The standard InChI is InChI=1S/C12H18O2/c1-7(2)12-5-8-3-9(6-12)11(13)10(4-8)14-12/h7-10H,3-6H2,1-2H3. The fraction of sp³-hybridized carbons (Fsp3) is 0.917. The van der Waals surface area contributed by atoms with E-state index in [1.807, 2.05) is 0 Å². The summed E-state index contributed by atoms with van der Waals surface area (Å²) in [5.41, 5.74) is 0.0599. The topological polar surface area (TPSA) is 26.3 Å². The van der Waals surface area contributed by atoms with Gasteiger partial charge in [0.05, 0.1) is 5.60 Å². The van der Waals surface area contributed by atoms with Crippen LogP contribution in [0.15, 0.2) is 0 Å². The first-order valence-corrected chi connectivity index (χ1v) is 5.82. The van der Waals surface area contributed by atoms with Gasteiger partial charge in [-0.3, -0.25) is 4.79 Å². The molecule has 2 aliphatic carbocycles. The molecule has 2 saturated heterocycles. The lowest BCUT2D eigenvalue weighted by atomic mass is 9.59.